The number of carbonyl (C=O) groups excluding carboxylic acids is 2. The number of hydrogen-bond acceptors (Lipinski definition) is 3. The van der Waals surface area contributed by atoms with Gasteiger partial charge in [0.15, 0.2) is 0 Å². The van der Waals surface area contributed by atoms with E-state index in [9.17, 15) is 14.0 Å². The Bertz CT molecular complexity index is 1110. The van der Waals surface area contributed by atoms with E-state index in [0.717, 1.165) is 19.3 Å². The molecule has 0 aromatic heterocycles. The van der Waals surface area contributed by atoms with Crippen LogP contribution in [0, 0.1) is 23.6 Å². The molecule has 0 N–H and O–H groups in total. The molecule has 0 unspecified atom stereocenters. The number of hydrogen-bond donors (Lipinski definition) is 0. The Hall–Kier alpha value is -3.02. The van der Waals surface area contributed by atoms with Gasteiger partial charge in [-0.25, -0.2) is 9.18 Å². The Kier molecular flexibility index (Phi) is 4.46. The second-order valence-electron chi connectivity index (χ2n) is 9.97. The van der Waals surface area contributed by atoms with Crippen LogP contribution in [0.2, 0.25) is 0 Å². The van der Waals surface area contributed by atoms with Crippen molar-refractivity contribution in [2.45, 2.75) is 50.7 Å². The highest BCUT2D eigenvalue weighted by molar-refractivity contribution is 6.55. The zero-order valence-corrected chi connectivity index (χ0v) is 17.8. The smallest absolute Gasteiger partial charge is 0.434 e. The quantitative estimate of drug-likeness (QED) is 0.664. The van der Waals surface area contributed by atoms with Crippen molar-refractivity contribution < 1.29 is 18.7 Å². The van der Waals surface area contributed by atoms with Gasteiger partial charge in [-0.1, -0.05) is 30.3 Å². The van der Waals surface area contributed by atoms with Crippen molar-refractivity contribution >= 4 is 23.4 Å². The first-order chi connectivity index (χ1) is 15.5. The van der Waals surface area contributed by atoms with Crippen LogP contribution in [0.3, 0.4) is 0 Å². The van der Waals surface area contributed by atoms with Gasteiger partial charge >= 0.3 is 6.09 Å². The average Bonchev–Trinajstić information content (AvgIpc) is 2.98. The highest BCUT2D eigenvalue weighted by Gasteiger charge is 2.53. The molecule has 4 saturated carbocycles. The molecule has 7 rings (SSSR count). The number of ether oxygens (including phenoxy) is 1. The first kappa shape index (κ1) is 19.6. The number of benzene rings is 2. The Morgan fingerprint density at radius 1 is 1.03 bits per heavy atom. The lowest BCUT2D eigenvalue weighted by molar-refractivity contribution is -0.125. The molecule has 5 aliphatic rings. The Labute approximate surface area is 186 Å². The molecule has 4 aliphatic carbocycles. The zero-order valence-electron chi connectivity index (χ0n) is 17.8. The lowest BCUT2D eigenvalue weighted by Gasteiger charge is -2.55. The monoisotopic (exact) mass is 432 g/mol. The fraction of sp³-hybridized carbons (Fsp3) is 0.423. The topological polar surface area (TPSA) is 59.0 Å². The Morgan fingerprint density at radius 3 is 2.41 bits per heavy atom. The van der Waals surface area contributed by atoms with E-state index < -0.39 is 11.7 Å². The van der Waals surface area contributed by atoms with Gasteiger partial charge in [0.2, 0.25) is 0 Å². The SMILES string of the molecule is O=C(/N=C1\C(=O)N(Cc2cccc(F)c2)c2ccccc21)OC12CC3CC(CC(C3)C1)C2. The third-order valence-electron chi connectivity index (χ3n) is 7.62. The van der Waals surface area contributed by atoms with Gasteiger partial charge in [0.1, 0.15) is 17.1 Å². The molecule has 0 atom stereocenters. The number of amides is 2. The van der Waals surface area contributed by atoms with Crippen molar-refractivity contribution in [3.63, 3.8) is 0 Å². The van der Waals surface area contributed by atoms with Gasteiger partial charge in [0.25, 0.3) is 5.91 Å². The molecule has 2 amide bonds. The molecule has 1 heterocycles. The third kappa shape index (κ3) is 3.33. The number of carbonyl (C=O) groups is 2. The van der Waals surface area contributed by atoms with Crippen molar-refractivity contribution in [3.05, 3.63) is 65.5 Å². The second-order valence-corrected chi connectivity index (χ2v) is 9.97. The maximum atomic E-state index is 13.6. The van der Waals surface area contributed by atoms with Crippen molar-refractivity contribution in [1.29, 1.82) is 0 Å². The van der Waals surface area contributed by atoms with Crippen LogP contribution in [0.25, 0.3) is 0 Å². The molecule has 0 spiro atoms. The molecule has 6 heteroatoms. The molecule has 164 valence electrons. The van der Waals surface area contributed by atoms with E-state index in [-0.39, 0.29) is 24.0 Å². The molecule has 4 fully saturated rings. The Morgan fingerprint density at radius 2 is 1.72 bits per heavy atom. The van der Waals surface area contributed by atoms with Gasteiger partial charge in [0.05, 0.1) is 12.2 Å². The highest BCUT2D eigenvalue weighted by atomic mass is 19.1. The van der Waals surface area contributed by atoms with Crippen molar-refractivity contribution in [2.75, 3.05) is 4.90 Å². The summed E-state index contributed by atoms with van der Waals surface area (Å²) in [5, 5.41) is 0. The number of nitrogens with zero attached hydrogens (tertiary/aromatic N) is 2. The predicted octanol–water partition coefficient (Wildman–Crippen LogP) is 5.27. The molecular weight excluding hydrogens is 407 g/mol. The van der Waals surface area contributed by atoms with Gasteiger partial charge in [0, 0.05) is 5.56 Å². The summed E-state index contributed by atoms with van der Waals surface area (Å²) in [7, 11) is 0. The van der Waals surface area contributed by atoms with Crippen LogP contribution in [-0.4, -0.2) is 23.3 Å². The summed E-state index contributed by atoms with van der Waals surface area (Å²) in [4.78, 5) is 31.9. The minimum atomic E-state index is -0.669. The first-order valence-electron chi connectivity index (χ1n) is 11.5. The minimum absolute atomic E-state index is 0.103. The Balaban J connectivity index is 1.26. The number of halogens is 1. The minimum Gasteiger partial charge on any atom is -0.441 e. The van der Waals surface area contributed by atoms with Gasteiger partial charge < -0.3 is 9.64 Å². The average molecular weight is 432 g/mol. The number of aliphatic imine (C=N–C) groups is 1. The molecule has 2 aromatic carbocycles. The van der Waals surface area contributed by atoms with Gasteiger partial charge in [-0.3, -0.25) is 4.79 Å². The lowest BCUT2D eigenvalue weighted by atomic mass is 9.54. The first-order valence-corrected chi connectivity index (χ1v) is 11.5. The second kappa shape index (κ2) is 7.26. The maximum Gasteiger partial charge on any atom is 0.434 e. The van der Waals surface area contributed by atoms with Crippen LogP contribution in [-0.2, 0) is 16.1 Å². The molecule has 1 aliphatic heterocycles. The van der Waals surface area contributed by atoms with Gasteiger partial charge in [-0.15, -0.1) is 0 Å². The summed E-state index contributed by atoms with van der Waals surface area (Å²) in [6.45, 7) is 0.205. The van der Waals surface area contributed by atoms with E-state index >= 15 is 0 Å². The summed E-state index contributed by atoms with van der Waals surface area (Å²) in [6, 6.07) is 13.4. The molecule has 2 aromatic rings. The van der Waals surface area contributed by atoms with Gasteiger partial charge in [-0.05, 0) is 80.0 Å². The standard InChI is InChI=1S/C26H25FN2O3/c27-20-5-3-4-16(11-20)15-29-22-7-2-1-6-21(22)23(24(29)30)28-25(31)32-26-12-17-8-18(13-26)10-19(9-17)14-26/h1-7,11,17-19H,8-10,12-15H2/b28-23-. The van der Waals surface area contributed by atoms with E-state index in [1.807, 2.05) is 18.2 Å². The third-order valence-corrected chi connectivity index (χ3v) is 7.62. The van der Waals surface area contributed by atoms with E-state index in [1.165, 1.54) is 31.4 Å². The summed E-state index contributed by atoms with van der Waals surface area (Å²) >= 11 is 0. The highest BCUT2D eigenvalue weighted by Crippen LogP contribution is 2.57. The normalized spacial score (nSPS) is 31.3. The predicted molar refractivity (Wildman–Crippen MR) is 118 cm³/mol. The summed E-state index contributed by atoms with van der Waals surface area (Å²) in [5.41, 5.74) is 1.65. The van der Waals surface area contributed by atoms with Crippen LogP contribution in [0.15, 0.2) is 53.5 Å². The number of rotatable bonds is 3. The molecular formula is C26H25FN2O3. The fourth-order valence-electron chi connectivity index (χ4n) is 6.80. The number of anilines is 1. The van der Waals surface area contributed by atoms with Crippen LogP contribution >= 0.6 is 0 Å². The zero-order chi connectivity index (χ0) is 21.9. The van der Waals surface area contributed by atoms with Gasteiger partial charge in [-0.2, -0.15) is 4.99 Å². The molecule has 0 saturated heterocycles. The van der Waals surface area contributed by atoms with E-state index in [4.69, 9.17) is 4.74 Å². The number of para-hydroxylation sites is 1. The summed E-state index contributed by atoms with van der Waals surface area (Å²) in [5.74, 6) is 1.24. The van der Waals surface area contributed by atoms with E-state index in [0.29, 0.717) is 34.6 Å². The van der Waals surface area contributed by atoms with Crippen molar-refractivity contribution in [3.8, 4) is 0 Å². The van der Waals surface area contributed by atoms with Crippen LogP contribution < -0.4 is 4.90 Å². The van der Waals surface area contributed by atoms with E-state index in [2.05, 4.69) is 4.99 Å². The van der Waals surface area contributed by atoms with E-state index in [1.54, 1.807) is 23.1 Å². The van der Waals surface area contributed by atoms with Crippen LogP contribution in [0.1, 0.15) is 49.7 Å². The van der Waals surface area contributed by atoms with Crippen LogP contribution in [0.5, 0.6) is 0 Å². The lowest BCUT2D eigenvalue weighted by Crippen LogP contribution is -2.52. The summed E-state index contributed by atoms with van der Waals surface area (Å²) < 4.78 is 19.6. The fourth-order valence-corrected chi connectivity index (χ4v) is 6.80. The van der Waals surface area contributed by atoms with Crippen molar-refractivity contribution in [2.24, 2.45) is 22.7 Å². The molecule has 4 bridgehead atoms. The number of fused-ring (bicyclic) bond motifs is 1. The van der Waals surface area contributed by atoms with Crippen LogP contribution in [0.4, 0.5) is 14.9 Å². The largest absolute Gasteiger partial charge is 0.441 e. The summed E-state index contributed by atoms with van der Waals surface area (Å²) in [6.07, 6.45) is 5.87. The molecule has 0 radical (unpaired) electrons. The maximum absolute atomic E-state index is 13.6. The molecule has 32 heavy (non-hydrogen) atoms. The van der Waals surface area contributed by atoms with Crippen molar-refractivity contribution in [1.82, 2.24) is 0 Å². The molecule has 5 nitrogen and oxygen atoms in total.